The Kier molecular flexibility index (Phi) is 14.1. The fourth-order valence-corrected chi connectivity index (χ4v) is 9.08. The number of thiazole rings is 1. The van der Waals surface area contributed by atoms with Crippen molar-refractivity contribution in [1.29, 1.82) is 0 Å². The smallest absolute Gasteiger partial charge is 0.262 e. The molecular weight excluding hydrogens is 853 g/mol. The molecule has 0 aliphatic carbocycles. The number of aromatic nitrogens is 2. The lowest BCUT2D eigenvalue weighted by Crippen LogP contribution is -2.54. The minimum absolute atomic E-state index is 0.0579. The Bertz CT molecular complexity index is 2500. The maximum absolute atomic E-state index is 13.4. The van der Waals surface area contributed by atoms with Gasteiger partial charge in [0.1, 0.15) is 12.1 Å². The summed E-state index contributed by atoms with van der Waals surface area (Å²) >= 11 is 1.24. The average molecular weight is 901 g/mol. The summed E-state index contributed by atoms with van der Waals surface area (Å²) in [6.07, 6.45) is 6.92. The van der Waals surface area contributed by atoms with Gasteiger partial charge in [-0.3, -0.25) is 47.8 Å². The molecule has 2 aromatic carbocycles. The van der Waals surface area contributed by atoms with Crippen molar-refractivity contribution < 1.29 is 46.7 Å². The summed E-state index contributed by atoms with van der Waals surface area (Å²) in [4.78, 5) is 97.1. The van der Waals surface area contributed by atoms with Crippen molar-refractivity contribution in [3.05, 3.63) is 89.1 Å². The number of ether oxygens (including phenoxy) is 1. The van der Waals surface area contributed by atoms with Crippen molar-refractivity contribution in [1.82, 2.24) is 29.8 Å². The predicted molar refractivity (Wildman–Crippen MR) is 232 cm³/mol. The third-order valence-corrected chi connectivity index (χ3v) is 13.0. The molecule has 0 spiro atoms. The molecule has 3 aliphatic rings. The first-order chi connectivity index (χ1) is 30.2. The number of anilines is 2. The molecular formula is C43H48N8O10S2. The summed E-state index contributed by atoms with van der Waals surface area (Å²) in [5.41, 5.74) is 2.94. The second-order valence-corrected chi connectivity index (χ2v) is 18.4. The molecule has 5 heterocycles. The summed E-state index contributed by atoms with van der Waals surface area (Å²) in [5.74, 6) is -3.02. The molecule has 2 aromatic heterocycles. The molecule has 2 atom stereocenters. The monoisotopic (exact) mass is 900 g/mol. The highest BCUT2D eigenvalue weighted by molar-refractivity contribution is 7.89. The molecule has 2 fully saturated rings. The van der Waals surface area contributed by atoms with Gasteiger partial charge < -0.3 is 25.6 Å². The van der Waals surface area contributed by atoms with Crippen LogP contribution in [0.1, 0.15) is 82.4 Å². The van der Waals surface area contributed by atoms with E-state index in [1.807, 2.05) is 41.8 Å². The summed E-state index contributed by atoms with van der Waals surface area (Å²) in [6.45, 7) is 2.33. The van der Waals surface area contributed by atoms with Crippen molar-refractivity contribution in [3.63, 3.8) is 0 Å². The minimum atomic E-state index is -3.61. The Labute approximate surface area is 367 Å². The van der Waals surface area contributed by atoms with E-state index in [0.29, 0.717) is 29.7 Å². The lowest BCUT2D eigenvalue weighted by molar-refractivity contribution is -0.136. The van der Waals surface area contributed by atoms with Crippen LogP contribution in [-0.4, -0.2) is 115 Å². The number of carbonyl (C=O) groups excluding carboxylic acids is 7. The highest BCUT2D eigenvalue weighted by Crippen LogP contribution is 2.33. The molecule has 0 saturated carbocycles. The van der Waals surface area contributed by atoms with Crippen LogP contribution >= 0.6 is 11.3 Å². The zero-order valence-electron chi connectivity index (χ0n) is 34.5. The molecule has 0 radical (unpaired) electrons. The van der Waals surface area contributed by atoms with Crippen LogP contribution in [-0.2, 0) is 33.9 Å². The van der Waals surface area contributed by atoms with Gasteiger partial charge in [-0.25, -0.2) is 13.4 Å². The molecule has 20 heteroatoms. The molecule has 4 N–H and O–H groups in total. The third-order valence-electron chi connectivity index (χ3n) is 11.3. The van der Waals surface area contributed by atoms with Gasteiger partial charge in [-0.2, -0.15) is 0 Å². The lowest BCUT2D eigenvalue weighted by atomic mass is 9.93. The summed E-state index contributed by atoms with van der Waals surface area (Å²) < 4.78 is 30.5. The Morgan fingerprint density at radius 1 is 0.968 bits per heavy atom. The number of amides is 7. The van der Waals surface area contributed by atoms with Gasteiger partial charge in [0.25, 0.3) is 17.7 Å². The Morgan fingerprint density at radius 3 is 2.46 bits per heavy atom. The quantitative estimate of drug-likeness (QED) is 0.0833. The zero-order valence-corrected chi connectivity index (χ0v) is 36.2. The molecule has 63 heavy (non-hydrogen) atoms. The normalized spacial score (nSPS) is 17.3. The van der Waals surface area contributed by atoms with Gasteiger partial charge >= 0.3 is 0 Å². The average Bonchev–Trinajstić information content (AvgIpc) is 4.01. The van der Waals surface area contributed by atoms with Crippen LogP contribution in [0.3, 0.4) is 0 Å². The standard InChI is InChI=1S/C43H48N8O10S2/c1-63(59,60)50-21-16-29(25-50)38(54)45-33(39(55)48-43-46-34(26-62-43)28-6-3-2-4-7-28)17-23-61-22-5-8-36(52)44-18-13-27-14-19-49(20-15-27)30-9-10-31-32(24-30)42(58)51(41(31)57)35-11-12-37(53)47-40(35)56/h2-4,6-7,9-10,16,21,24-27,33,35H,5,8,11-15,17-20,22-23H2,1H3,(H,44,52)(H,45,54)(H,46,48,55)(H,47,53,56)/t33-,35?/m0/s1. The maximum atomic E-state index is 13.4. The number of rotatable bonds is 18. The van der Waals surface area contributed by atoms with Crippen LogP contribution in [0.5, 0.6) is 0 Å². The summed E-state index contributed by atoms with van der Waals surface area (Å²) in [6, 6.07) is 13.9. The second-order valence-electron chi connectivity index (χ2n) is 15.7. The van der Waals surface area contributed by atoms with Gasteiger partial charge in [0.15, 0.2) is 5.13 Å². The Hall–Kier alpha value is -6.25. The third kappa shape index (κ3) is 11.0. The largest absolute Gasteiger partial charge is 0.381 e. The van der Waals surface area contributed by atoms with Crippen molar-refractivity contribution in [2.24, 2.45) is 5.92 Å². The SMILES string of the molecule is CS(=O)(=O)n1ccc(C(=O)N[C@@H](CCOCCCC(=O)NCCC2CCN(c3ccc4c(c3)C(=O)N(C3CCC(=O)NC3=O)C4=O)CC2)C(=O)Nc2nc(-c3ccccc3)cs2)c1. The fourth-order valence-electron chi connectivity index (χ4n) is 7.77. The van der Waals surface area contributed by atoms with Crippen molar-refractivity contribution in [3.8, 4) is 11.3 Å². The minimum Gasteiger partial charge on any atom is -0.381 e. The van der Waals surface area contributed by atoms with Gasteiger partial charge in [0.2, 0.25) is 33.7 Å². The number of carbonyl (C=O) groups is 7. The molecule has 332 valence electrons. The van der Waals surface area contributed by atoms with Crippen LogP contribution in [0, 0.1) is 5.92 Å². The molecule has 7 amide bonds. The van der Waals surface area contributed by atoms with Crippen LogP contribution in [0.25, 0.3) is 11.3 Å². The van der Waals surface area contributed by atoms with E-state index in [1.54, 1.807) is 12.1 Å². The molecule has 1 unspecified atom stereocenters. The number of imide groups is 2. The molecule has 3 aliphatic heterocycles. The van der Waals surface area contributed by atoms with E-state index in [-0.39, 0.29) is 61.5 Å². The Balaban J connectivity index is 0.812. The first kappa shape index (κ1) is 44.8. The fraction of sp³-hybridized carbons (Fsp3) is 0.395. The van der Waals surface area contributed by atoms with Crippen molar-refractivity contribution in [2.45, 2.75) is 63.5 Å². The molecule has 7 rings (SSSR count). The van der Waals surface area contributed by atoms with Crippen molar-refractivity contribution >= 4 is 73.5 Å². The highest BCUT2D eigenvalue weighted by atomic mass is 32.2. The first-order valence-corrected chi connectivity index (χ1v) is 23.4. The van der Waals surface area contributed by atoms with E-state index in [2.05, 4.69) is 31.2 Å². The van der Waals surface area contributed by atoms with Gasteiger partial charge in [-0.15, -0.1) is 11.3 Å². The number of fused-ring (bicyclic) bond motifs is 1. The number of hydrogen-bond donors (Lipinski definition) is 4. The van der Waals surface area contributed by atoms with Crippen LogP contribution < -0.4 is 26.2 Å². The molecule has 4 aromatic rings. The van der Waals surface area contributed by atoms with E-state index < -0.39 is 57.6 Å². The van der Waals surface area contributed by atoms with E-state index in [1.165, 1.54) is 29.8 Å². The van der Waals surface area contributed by atoms with E-state index in [9.17, 15) is 42.0 Å². The molecule has 0 bridgehead atoms. The zero-order chi connectivity index (χ0) is 44.7. The lowest BCUT2D eigenvalue weighted by Gasteiger charge is -2.34. The van der Waals surface area contributed by atoms with Gasteiger partial charge in [0.05, 0.1) is 28.6 Å². The number of nitrogens with zero attached hydrogens (tertiary/aromatic N) is 4. The Morgan fingerprint density at radius 2 is 1.73 bits per heavy atom. The van der Waals surface area contributed by atoms with Gasteiger partial charge in [-0.05, 0) is 68.7 Å². The van der Waals surface area contributed by atoms with Crippen LogP contribution in [0.4, 0.5) is 10.8 Å². The van der Waals surface area contributed by atoms with Crippen molar-refractivity contribution in [2.75, 3.05) is 49.3 Å². The number of nitrogens with one attached hydrogen (secondary N) is 4. The molecule has 18 nitrogen and oxygen atoms in total. The van der Waals surface area contributed by atoms with Gasteiger partial charge in [-0.1, -0.05) is 30.3 Å². The summed E-state index contributed by atoms with van der Waals surface area (Å²) in [7, 11) is -3.61. The molecule has 2 saturated heterocycles. The van der Waals surface area contributed by atoms with Crippen LogP contribution in [0.2, 0.25) is 0 Å². The van der Waals surface area contributed by atoms with E-state index in [0.717, 1.165) is 58.7 Å². The maximum Gasteiger partial charge on any atom is 0.262 e. The summed E-state index contributed by atoms with van der Waals surface area (Å²) in [5, 5.41) is 12.8. The second kappa shape index (κ2) is 19.9. The van der Waals surface area contributed by atoms with E-state index in [4.69, 9.17) is 4.74 Å². The predicted octanol–water partition coefficient (Wildman–Crippen LogP) is 3.17. The topological polar surface area (TPSA) is 235 Å². The van der Waals surface area contributed by atoms with E-state index >= 15 is 0 Å². The number of benzene rings is 2. The van der Waals surface area contributed by atoms with Crippen LogP contribution in [0.15, 0.2) is 72.4 Å². The number of hydrogen-bond acceptors (Lipinski definition) is 13. The van der Waals surface area contributed by atoms with Gasteiger partial charge in [0, 0.05) is 74.7 Å². The number of piperidine rings is 2. The highest BCUT2D eigenvalue weighted by Gasteiger charge is 2.45. The first-order valence-electron chi connectivity index (χ1n) is 20.7.